The Kier molecular flexibility index (Phi) is 12.4. The molecule has 1 aromatic rings. The van der Waals surface area contributed by atoms with Crippen LogP contribution in [0.4, 0.5) is 5.69 Å². The van der Waals surface area contributed by atoms with Crippen LogP contribution in [0.5, 0.6) is 0 Å². The van der Waals surface area contributed by atoms with Gasteiger partial charge in [-0.1, -0.05) is 26.2 Å². The highest BCUT2D eigenvalue weighted by Crippen LogP contribution is 2.37. The maximum absolute atomic E-state index is 13.4. The predicted octanol–water partition coefficient (Wildman–Crippen LogP) is 4.98. The number of benzene rings is 1. The summed E-state index contributed by atoms with van der Waals surface area (Å²) in [6.07, 6.45) is 10.7. The fraction of sp³-hybridized carbons (Fsp3) is 0.676. The number of aryl methyl sites for hydroxylation is 2. The maximum atomic E-state index is 13.4. The molecule has 1 spiro atoms. The second-order valence-electron chi connectivity index (χ2n) is 12.9. The quantitative estimate of drug-likeness (QED) is 0.286. The van der Waals surface area contributed by atoms with Crippen LogP contribution < -0.4 is 10.2 Å². The molecule has 1 saturated heterocycles. The molecule has 10 nitrogen and oxygen atoms in total. The zero-order chi connectivity index (χ0) is 32.6. The number of amidine groups is 1. The molecule has 45 heavy (non-hydrogen) atoms. The summed E-state index contributed by atoms with van der Waals surface area (Å²) in [6.45, 7) is 9.80. The van der Waals surface area contributed by atoms with E-state index in [1.54, 1.807) is 18.1 Å². The highest BCUT2D eigenvalue weighted by atomic mass is 32.2. The van der Waals surface area contributed by atoms with Crippen LogP contribution in [0, 0.1) is 25.7 Å². The van der Waals surface area contributed by atoms with Crippen molar-refractivity contribution in [2.75, 3.05) is 51.5 Å². The second-order valence-corrected chi connectivity index (χ2v) is 14.7. The van der Waals surface area contributed by atoms with Gasteiger partial charge in [-0.3, -0.25) is 14.6 Å². The minimum Gasteiger partial charge on any atom is -0.382 e. The molecule has 2 aliphatic heterocycles. The molecular weight excluding hydrogens is 592 g/mol. The topological polar surface area (TPSA) is 118 Å². The van der Waals surface area contributed by atoms with Crippen molar-refractivity contribution in [3.05, 3.63) is 34.2 Å². The molecule has 0 atom stereocenters. The van der Waals surface area contributed by atoms with E-state index in [2.05, 4.69) is 12.2 Å². The van der Waals surface area contributed by atoms with E-state index in [9.17, 15) is 18.0 Å². The summed E-state index contributed by atoms with van der Waals surface area (Å²) in [7, 11) is -2.09. The molecule has 0 bridgehead atoms. The number of sulfonamides is 1. The molecule has 250 valence electrons. The Hall–Kier alpha value is -2.60. The van der Waals surface area contributed by atoms with Gasteiger partial charge in [0.25, 0.3) is 5.91 Å². The SMILES string of the molecule is CCCCC1CCC(C2=NC3(CCN(S(=O)(=O)C=Cc4c(C)cc(N(CCOCCOC)C(C)=O)cc4C)CC3)C(=O)N2)CC1. The first kappa shape index (κ1) is 35.3. The zero-order valence-corrected chi connectivity index (χ0v) is 28.6. The lowest BCUT2D eigenvalue weighted by Crippen LogP contribution is -2.50. The van der Waals surface area contributed by atoms with Gasteiger partial charge in [0.15, 0.2) is 0 Å². The van der Waals surface area contributed by atoms with E-state index in [-0.39, 0.29) is 24.9 Å². The average molecular weight is 645 g/mol. The van der Waals surface area contributed by atoms with E-state index in [0.717, 1.165) is 47.0 Å². The highest BCUT2D eigenvalue weighted by molar-refractivity contribution is 7.92. The number of anilines is 1. The van der Waals surface area contributed by atoms with Gasteiger partial charge in [0, 0.05) is 50.7 Å². The monoisotopic (exact) mass is 644 g/mol. The standard InChI is InChI=1S/C34H52N4O6S/c1-6-7-8-28-9-11-29(12-10-28)32-35-33(40)34(36-32)14-16-37(17-15-34)45(41,42)22-13-31-25(2)23-30(24-26(31)3)38(27(4)39)18-19-44-21-20-43-5/h13,22-24,28-29H,6-12,14-21H2,1-5H3,(H,35,36,40). The van der Waals surface area contributed by atoms with Crippen molar-refractivity contribution in [2.24, 2.45) is 16.8 Å². The minimum absolute atomic E-state index is 0.0781. The molecule has 1 aromatic carbocycles. The Labute approximate surface area is 269 Å². The van der Waals surface area contributed by atoms with Crippen molar-refractivity contribution in [1.29, 1.82) is 0 Å². The number of hydrogen-bond donors (Lipinski definition) is 1. The summed E-state index contributed by atoms with van der Waals surface area (Å²) >= 11 is 0. The Bertz CT molecular complexity index is 1340. The number of nitrogens with zero attached hydrogens (tertiary/aromatic N) is 3. The second kappa shape index (κ2) is 15.8. The molecule has 0 radical (unpaired) electrons. The highest BCUT2D eigenvalue weighted by Gasteiger charge is 2.48. The Balaban J connectivity index is 1.37. The van der Waals surface area contributed by atoms with Gasteiger partial charge in [0.2, 0.25) is 15.9 Å². The van der Waals surface area contributed by atoms with Gasteiger partial charge in [-0.25, -0.2) is 8.42 Å². The molecule has 1 N–H and O–H groups in total. The maximum Gasteiger partial charge on any atom is 0.253 e. The molecule has 11 heteroatoms. The molecule has 3 aliphatic rings. The van der Waals surface area contributed by atoms with Crippen LogP contribution in [0.3, 0.4) is 0 Å². The predicted molar refractivity (Wildman–Crippen MR) is 179 cm³/mol. The van der Waals surface area contributed by atoms with Crippen LogP contribution in [0.15, 0.2) is 22.5 Å². The number of ether oxygens (including phenoxy) is 2. The van der Waals surface area contributed by atoms with Crippen molar-refractivity contribution >= 4 is 39.4 Å². The first-order chi connectivity index (χ1) is 21.5. The Morgan fingerprint density at radius 1 is 1.11 bits per heavy atom. The Morgan fingerprint density at radius 2 is 1.78 bits per heavy atom. The molecule has 2 heterocycles. The number of carbonyl (C=O) groups is 2. The van der Waals surface area contributed by atoms with Gasteiger partial charge >= 0.3 is 0 Å². The fourth-order valence-corrected chi connectivity index (χ4v) is 8.05. The summed E-state index contributed by atoms with van der Waals surface area (Å²) in [5, 5.41) is 4.34. The molecule has 1 saturated carbocycles. The van der Waals surface area contributed by atoms with E-state index in [0.29, 0.717) is 45.1 Å². The van der Waals surface area contributed by atoms with Crippen LogP contribution >= 0.6 is 0 Å². The lowest BCUT2D eigenvalue weighted by Gasteiger charge is -2.34. The molecule has 2 amide bonds. The molecule has 0 unspecified atom stereocenters. The zero-order valence-electron chi connectivity index (χ0n) is 27.8. The molecular formula is C34H52N4O6S. The minimum atomic E-state index is -3.70. The van der Waals surface area contributed by atoms with Gasteiger partial charge in [-0.05, 0) is 93.2 Å². The third-order valence-electron chi connectivity index (χ3n) is 9.68. The number of nitrogens with one attached hydrogen (secondary N) is 1. The smallest absolute Gasteiger partial charge is 0.253 e. The Morgan fingerprint density at radius 3 is 2.38 bits per heavy atom. The van der Waals surface area contributed by atoms with Crippen molar-refractivity contribution in [3.8, 4) is 0 Å². The summed E-state index contributed by atoms with van der Waals surface area (Å²) in [4.78, 5) is 32.1. The van der Waals surface area contributed by atoms with E-state index in [1.165, 1.54) is 48.7 Å². The number of amides is 2. The fourth-order valence-electron chi connectivity index (χ4n) is 6.88. The van der Waals surface area contributed by atoms with Crippen LogP contribution in [0.1, 0.15) is 88.3 Å². The number of unbranched alkanes of at least 4 members (excludes halogenated alkanes) is 1. The van der Waals surface area contributed by atoms with Crippen molar-refractivity contribution in [3.63, 3.8) is 0 Å². The average Bonchev–Trinajstić information content (AvgIpc) is 3.32. The van der Waals surface area contributed by atoms with Crippen LogP contribution in [-0.2, 0) is 29.1 Å². The van der Waals surface area contributed by atoms with Gasteiger partial charge in [-0.15, -0.1) is 0 Å². The summed E-state index contributed by atoms with van der Waals surface area (Å²) in [5.74, 6) is 1.73. The number of hydrogen-bond acceptors (Lipinski definition) is 7. The van der Waals surface area contributed by atoms with Crippen molar-refractivity contribution < 1.29 is 27.5 Å². The van der Waals surface area contributed by atoms with E-state index in [1.807, 2.05) is 26.0 Å². The van der Waals surface area contributed by atoms with Crippen LogP contribution in [0.2, 0.25) is 0 Å². The van der Waals surface area contributed by atoms with Crippen LogP contribution in [0.25, 0.3) is 6.08 Å². The number of methoxy groups -OCH3 is 1. The van der Waals surface area contributed by atoms with E-state index >= 15 is 0 Å². The van der Waals surface area contributed by atoms with Gasteiger partial charge in [0.05, 0.1) is 19.8 Å². The third-order valence-corrected chi connectivity index (χ3v) is 11.2. The lowest BCUT2D eigenvalue weighted by molar-refractivity contribution is -0.125. The van der Waals surface area contributed by atoms with Gasteiger partial charge in [-0.2, -0.15) is 4.31 Å². The van der Waals surface area contributed by atoms with Crippen LogP contribution in [-0.4, -0.2) is 82.5 Å². The number of carbonyl (C=O) groups excluding carboxylic acids is 2. The number of aliphatic imine (C=N–C) groups is 1. The molecule has 1 aliphatic carbocycles. The molecule has 0 aromatic heterocycles. The largest absolute Gasteiger partial charge is 0.382 e. The van der Waals surface area contributed by atoms with Crippen molar-refractivity contribution in [1.82, 2.24) is 9.62 Å². The molecule has 2 fully saturated rings. The van der Waals surface area contributed by atoms with Gasteiger partial charge < -0.3 is 19.7 Å². The number of piperidine rings is 1. The normalized spacial score (nSPS) is 22.2. The summed E-state index contributed by atoms with van der Waals surface area (Å²) < 4.78 is 38.7. The summed E-state index contributed by atoms with van der Waals surface area (Å²) in [6, 6.07) is 3.79. The first-order valence-electron chi connectivity index (χ1n) is 16.5. The number of rotatable bonds is 14. The molecule has 4 rings (SSSR count). The lowest BCUT2D eigenvalue weighted by atomic mass is 9.79. The first-order valence-corrected chi connectivity index (χ1v) is 18.1. The third kappa shape index (κ3) is 8.81. The van der Waals surface area contributed by atoms with Gasteiger partial charge in [0.1, 0.15) is 11.4 Å². The van der Waals surface area contributed by atoms with E-state index in [4.69, 9.17) is 14.5 Å². The summed E-state index contributed by atoms with van der Waals surface area (Å²) in [5.41, 5.74) is 2.41. The van der Waals surface area contributed by atoms with E-state index < -0.39 is 15.6 Å². The van der Waals surface area contributed by atoms with Crippen molar-refractivity contribution in [2.45, 2.75) is 91.0 Å².